The summed E-state index contributed by atoms with van der Waals surface area (Å²) in [5.41, 5.74) is 0.980. The van der Waals surface area contributed by atoms with E-state index in [4.69, 9.17) is 9.15 Å². The average Bonchev–Trinajstić information content (AvgIpc) is 3.14. The number of halogens is 1. The van der Waals surface area contributed by atoms with Gasteiger partial charge in [0.05, 0.1) is 0 Å². The summed E-state index contributed by atoms with van der Waals surface area (Å²) >= 11 is 3.38. The van der Waals surface area contributed by atoms with Crippen LogP contribution in [0.1, 0.15) is 21.9 Å². The van der Waals surface area contributed by atoms with Crippen LogP contribution < -0.4 is 10.1 Å². The lowest BCUT2D eigenvalue weighted by Crippen LogP contribution is -2.34. The Hall–Kier alpha value is -3.13. The van der Waals surface area contributed by atoms with Gasteiger partial charge in [-0.25, -0.2) is 4.98 Å². The van der Waals surface area contributed by atoms with Crippen molar-refractivity contribution in [1.82, 2.24) is 9.88 Å². The lowest BCUT2D eigenvalue weighted by Gasteiger charge is -2.15. The number of hydrogen-bond donors (Lipinski definition) is 1. The zero-order valence-electron chi connectivity index (χ0n) is 16.0. The monoisotopic (exact) mass is 457 g/mol. The second-order valence-electron chi connectivity index (χ2n) is 6.44. The molecule has 0 aliphatic carbocycles. The molecule has 29 heavy (non-hydrogen) atoms. The van der Waals surface area contributed by atoms with E-state index in [1.165, 1.54) is 11.9 Å². The number of ether oxygens (including phenoxy) is 1. The van der Waals surface area contributed by atoms with E-state index in [0.717, 1.165) is 10.0 Å². The first-order valence-corrected chi connectivity index (χ1v) is 9.65. The summed E-state index contributed by atoms with van der Waals surface area (Å²) in [5, 5.41) is 2.67. The highest BCUT2D eigenvalue weighted by atomic mass is 79.9. The van der Waals surface area contributed by atoms with Crippen molar-refractivity contribution in [3.05, 3.63) is 76.3 Å². The van der Waals surface area contributed by atoms with Gasteiger partial charge < -0.3 is 19.4 Å². The predicted molar refractivity (Wildman–Crippen MR) is 112 cm³/mol. The molecule has 1 aromatic carbocycles. The minimum Gasteiger partial charge on any atom is -0.486 e. The van der Waals surface area contributed by atoms with Gasteiger partial charge in [-0.15, -0.1) is 0 Å². The number of rotatable bonds is 7. The van der Waals surface area contributed by atoms with Gasteiger partial charge in [0.1, 0.15) is 30.5 Å². The van der Waals surface area contributed by atoms with Crippen molar-refractivity contribution >= 4 is 33.6 Å². The first-order chi connectivity index (χ1) is 13.9. The van der Waals surface area contributed by atoms with Crippen LogP contribution in [0.15, 0.2) is 63.6 Å². The quantitative estimate of drug-likeness (QED) is 0.578. The topological polar surface area (TPSA) is 84.7 Å². The largest absolute Gasteiger partial charge is 0.486 e. The molecule has 0 fully saturated rings. The third-order valence-corrected chi connectivity index (χ3v) is 4.45. The van der Waals surface area contributed by atoms with Crippen LogP contribution in [0, 0.1) is 6.92 Å². The van der Waals surface area contributed by atoms with Crippen molar-refractivity contribution in [3.63, 3.8) is 0 Å². The fourth-order valence-corrected chi connectivity index (χ4v) is 2.92. The van der Waals surface area contributed by atoms with Crippen LogP contribution in [0.3, 0.4) is 0 Å². The normalized spacial score (nSPS) is 10.4. The van der Waals surface area contributed by atoms with Gasteiger partial charge in [0.15, 0.2) is 5.76 Å². The predicted octanol–water partition coefficient (Wildman–Crippen LogP) is 4.04. The van der Waals surface area contributed by atoms with E-state index in [9.17, 15) is 9.59 Å². The maximum Gasteiger partial charge on any atom is 0.289 e. The van der Waals surface area contributed by atoms with Crippen molar-refractivity contribution in [1.29, 1.82) is 0 Å². The number of hydrogen-bond acceptors (Lipinski definition) is 5. The van der Waals surface area contributed by atoms with E-state index in [1.54, 1.807) is 24.4 Å². The number of nitrogens with one attached hydrogen (secondary N) is 1. The molecule has 0 bridgehead atoms. The molecule has 7 nitrogen and oxygen atoms in total. The number of amides is 2. The van der Waals surface area contributed by atoms with Gasteiger partial charge >= 0.3 is 0 Å². The Morgan fingerprint density at radius 1 is 1.21 bits per heavy atom. The van der Waals surface area contributed by atoms with Crippen molar-refractivity contribution in [2.24, 2.45) is 0 Å². The summed E-state index contributed by atoms with van der Waals surface area (Å²) in [6.45, 7) is 1.97. The second kappa shape index (κ2) is 9.38. The highest BCUT2D eigenvalue weighted by molar-refractivity contribution is 9.10. The Morgan fingerprint density at radius 3 is 2.79 bits per heavy atom. The molecule has 0 saturated heterocycles. The SMILES string of the molecule is Cc1ccnc(NC(=O)CN(C)C(=O)c2ccc(COc3cccc(Br)c3)o2)c1. The molecule has 0 aliphatic rings. The minimum absolute atomic E-state index is 0.126. The third-order valence-electron chi connectivity index (χ3n) is 3.96. The summed E-state index contributed by atoms with van der Waals surface area (Å²) in [6.07, 6.45) is 1.61. The van der Waals surface area contributed by atoms with E-state index >= 15 is 0 Å². The molecule has 3 aromatic rings. The highest BCUT2D eigenvalue weighted by Gasteiger charge is 2.19. The van der Waals surface area contributed by atoms with Crippen LogP contribution >= 0.6 is 15.9 Å². The minimum atomic E-state index is -0.397. The lowest BCUT2D eigenvalue weighted by molar-refractivity contribution is -0.116. The van der Waals surface area contributed by atoms with E-state index in [0.29, 0.717) is 17.3 Å². The number of benzene rings is 1. The number of aryl methyl sites for hydroxylation is 1. The first-order valence-electron chi connectivity index (χ1n) is 8.86. The summed E-state index contributed by atoms with van der Waals surface area (Å²) < 4.78 is 12.1. The lowest BCUT2D eigenvalue weighted by atomic mass is 10.3. The van der Waals surface area contributed by atoms with E-state index in [2.05, 4.69) is 26.2 Å². The molecule has 2 aromatic heterocycles. The van der Waals surface area contributed by atoms with Gasteiger partial charge in [0.2, 0.25) is 5.91 Å². The zero-order chi connectivity index (χ0) is 20.8. The Balaban J connectivity index is 1.53. The number of furan rings is 1. The van der Waals surface area contributed by atoms with Gasteiger partial charge in [0, 0.05) is 17.7 Å². The van der Waals surface area contributed by atoms with Crippen LogP contribution in [-0.2, 0) is 11.4 Å². The molecule has 2 amide bonds. The van der Waals surface area contributed by atoms with E-state index in [1.807, 2.05) is 37.3 Å². The average molecular weight is 458 g/mol. The molecular weight excluding hydrogens is 438 g/mol. The fraction of sp³-hybridized carbons (Fsp3) is 0.190. The number of aromatic nitrogens is 1. The van der Waals surface area contributed by atoms with E-state index < -0.39 is 5.91 Å². The number of likely N-dealkylation sites (N-methyl/N-ethyl adjacent to an activating group) is 1. The van der Waals surface area contributed by atoms with Gasteiger partial charge in [0.25, 0.3) is 5.91 Å². The number of nitrogens with zero attached hydrogens (tertiary/aromatic N) is 2. The molecule has 0 unspecified atom stereocenters. The molecule has 0 atom stereocenters. The number of carbonyl (C=O) groups excluding carboxylic acids is 2. The number of pyridine rings is 1. The van der Waals surface area contributed by atoms with Crippen LogP contribution in [0.25, 0.3) is 0 Å². The van der Waals surface area contributed by atoms with Crippen LogP contribution in [0.2, 0.25) is 0 Å². The molecule has 0 aliphatic heterocycles. The van der Waals surface area contributed by atoms with Gasteiger partial charge in [-0.05, 0) is 55.0 Å². The third kappa shape index (κ3) is 5.92. The van der Waals surface area contributed by atoms with Crippen molar-refractivity contribution in [2.45, 2.75) is 13.5 Å². The standard InChI is InChI=1S/C21H20BrN3O4/c1-14-8-9-23-19(10-14)24-20(26)12-25(2)21(27)18-7-6-17(29-18)13-28-16-5-3-4-15(22)11-16/h3-11H,12-13H2,1-2H3,(H,23,24,26). The van der Waals surface area contributed by atoms with Gasteiger partial charge in [-0.3, -0.25) is 9.59 Å². The highest BCUT2D eigenvalue weighted by Crippen LogP contribution is 2.19. The van der Waals surface area contributed by atoms with Crippen molar-refractivity contribution < 1.29 is 18.7 Å². The molecule has 150 valence electrons. The number of carbonyl (C=O) groups is 2. The summed E-state index contributed by atoms with van der Waals surface area (Å²) in [4.78, 5) is 30.0. The smallest absolute Gasteiger partial charge is 0.289 e. The van der Waals surface area contributed by atoms with E-state index in [-0.39, 0.29) is 24.8 Å². The Labute approximate surface area is 176 Å². The van der Waals surface area contributed by atoms with Gasteiger partial charge in [-0.2, -0.15) is 0 Å². The molecule has 0 radical (unpaired) electrons. The molecular formula is C21H20BrN3O4. The van der Waals surface area contributed by atoms with Crippen LogP contribution in [0.4, 0.5) is 5.82 Å². The molecule has 2 heterocycles. The Bertz CT molecular complexity index is 1020. The van der Waals surface area contributed by atoms with Crippen molar-refractivity contribution in [3.8, 4) is 5.75 Å². The molecule has 0 saturated carbocycles. The molecule has 0 spiro atoms. The molecule has 3 rings (SSSR count). The summed E-state index contributed by atoms with van der Waals surface area (Å²) in [7, 11) is 1.53. The second-order valence-corrected chi connectivity index (χ2v) is 7.36. The maximum atomic E-state index is 12.5. The van der Waals surface area contributed by atoms with Crippen LogP contribution in [0.5, 0.6) is 5.75 Å². The Kier molecular flexibility index (Phi) is 6.66. The maximum absolute atomic E-state index is 12.5. The summed E-state index contributed by atoms with van der Waals surface area (Å²) in [6, 6.07) is 14.3. The molecule has 8 heteroatoms. The molecule has 1 N–H and O–H groups in total. The Morgan fingerprint density at radius 2 is 2.03 bits per heavy atom. The first kappa shape index (κ1) is 20.6. The van der Waals surface area contributed by atoms with Gasteiger partial charge in [-0.1, -0.05) is 22.0 Å². The zero-order valence-corrected chi connectivity index (χ0v) is 17.6. The summed E-state index contributed by atoms with van der Waals surface area (Å²) in [5.74, 6) is 1.04. The van der Waals surface area contributed by atoms with Crippen molar-refractivity contribution in [2.75, 3.05) is 18.9 Å². The van der Waals surface area contributed by atoms with Crippen LogP contribution in [-0.4, -0.2) is 35.3 Å². The number of anilines is 1. The fourth-order valence-electron chi connectivity index (χ4n) is 2.54.